The molecule has 0 aliphatic rings. The van der Waals surface area contributed by atoms with Crippen LogP contribution < -0.4 is 15.4 Å². The molecule has 164 valence electrons. The second-order valence-electron chi connectivity index (χ2n) is 6.62. The fourth-order valence-electron chi connectivity index (χ4n) is 2.69. The summed E-state index contributed by atoms with van der Waals surface area (Å²) in [6.07, 6.45) is 6.58. The summed E-state index contributed by atoms with van der Waals surface area (Å²) in [7, 11) is 2.07. The Morgan fingerprint density at radius 3 is 2.66 bits per heavy atom. The van der Waals surface area contributed by atoms with Crippen LogP contribution in [0.5, 0.6) is 5.75 Å². The minimum atomic E-state index is -0.116. The molecule has 0 radical (unpaired) electrons. The van der Waals surface area contributed by atoms with Crippen LogP contribution in [0.15, 0.2) is 41.9 Å². The average molecular weight is 516 g/mol. The number of allylic oxidation sites excluding steroid dienone is 1. The van der Waals surface area contributed by atoms with E-state index < -0.39 is 0 Å². The summed E-state index contributed by atoms with van der Waals surface area (Å²) in [6, 6.07) is 7.73. The maximum absolute atomic E-state index is 11.5. The number of ether oxygens (including phenoxy) is 1. The maximum Gasteiger partial charge on any atom is 0.257 e. The van der Waals surface area contributed by atoms with Gasteiger partial charge in [0.15, 0.2) is 12.6 Å². The lowest BCUT2D eigenvalue weighted by Gasteiger charge is -2.22. The third kappa shape index (κ3) is 12.4. The molecular formula is C22H37IN4O2. The Balaban J connectivity index is 0.00000784. The van der Waals surface area contributed by atoms with Gasteiger partial charge in [0, 0.05) is 26.7 Å². The largest absolute Gasteiger partial charge is 0.484 e. The number of rotatable bonds is 13. The lowest BCUT2D eigenvalue weighted by Crippen LogP contribution is -2.39. The van der Waals surface area contributed by atoms with E-state index in [1.54, 1.807) is 0 Å². The van der Waals surface area contributed by atoms with Crippen LogP contribution in [0.1, 0.15) is 45.1 Å². The van der Waals surface area contributed by atoms with Gasteiger partial charge in [-0.1, -0.05) is 24.6 Å². The van der Waals surface area contributed by atoms with Crippen LogP contribution in [-0.4, -0.2) is 50.1 Å². The van der Waals surface area contributed by atoms with Crippen LogP contribution >= 0.6 is 24.0 Å². The number of nitrogens with one attached hydrogen (secondary N) is 2. The van der Waals surface area contributed by atoms with Gasteiger partial charge in [-0.05, 0) is 50.8 Å². The molecule has 0 atom stereocenters. The molecule has 0 saturated carbocycles. The number of benzene rings is 1. The second-order valence-corrected chi connectivity index (χ2v) is 6.62. The van der Waals surface area contributed by atoms with Gasteiger partial charge in [0.05, 0.1) is 6.54 Å². The van der Waals surface area contributed by atoms with Gasteiger partial charge < -0.3 is 20.3 Å². The van der Waals surface area contributed by atoms with Crippen LogP contribution in [-0.2, 0) is 11.3 Å². The topological polar surface area (TPSA) is 66.0 Å². The molecule has 1 rings (SSSR count). The molecule has 0 unspecified atom stereocenters. The Bertz CT molecular complexity index is 623. The molecule has 1 aromatic rings. The summed E-state index contributed by atoms with van der Waals surface area (Å²) < 4.78 is 5.55. The van der Waals surface area contributed by atoms with E-state index in [1.165, 1.54) is 12.8 Å². The fraction of sp³-hybridized carbons (Fsp3) is 0.545. The molecule has 0 fully saturated rings. The van der Waals surface area contributed by atoms with E-state index in [0.717, 1.165) is 37.5 Å². The number of guanidine groups is 1. The zero-order valence-electron chi connectivity index (χ0n) is 18.1. The Hall–Kier alpha value is -1.77. The molecule has 29 heavy (non-hydrogen) atoms. The Morgan fingerprint density at radius 2 is 1.97 bits per heavy atom. The molecule has 0 bridgehead atoms. The van der Waals surface area contributed by atoms with Crippen LogP contribution in [0.4, 0.5) is 0 Å². The molecule has 0 heterocycles. The molecule has 1 aromatic carbocycles. The summed E-state index contributed by atoms with van der Waals surface area (Å²) >= 11 is 0. The SMILES string of the molecule is C=CCCCCCN(C)C(=NCc1cccc(OCC(=O)NCC)c1)NCC.I. The van der Waals surface area contributed by atoms with Crippen molar-refractivity contribution in [3.05, 3.63) is 42.5 Å². The number of unbranched alkanes of at least 4 members (excludes halogenated alkanes) is 3. The van der Waals surface area contributed by atoms with Gasteiger partial charge in [-0.25, -0.2) is 4.99 Å². The number of likely N-dealkylation sites (N-methyl/N-ethyl adjacent to an activating group) is 1. The van der Waals surface area contributed by atoms with Crippen LogP contribution in [0.2, 0.25) is 0 Å². The Labute approximate surface area is 193 Å². The minimum Gasteiger partial charge on any atom is -0.484 e. The number of halogens is 1. The smallest absolute Gasteiger partial charge is 0.257 e. The highest BCUT2D eigenvalue weighted by molar-refractivity contribution is 14.0. The normalized spacial score (nSPS) is 10.7. The first-order valence-corrected chi connectivity index (χ1v) is 10.2. The van der Waals surface area contributed by atoms with E-state index in [0.29, 0.717) is 18.8 Å². The van der Waals surface area contributed by atoms with E-state index in [1.807, 2.05) is 37.3 Å². The fourth-order valence-corrected chi connectivity index (χ4v) is 2.69. The molecule has 1 amide bonds. The zero-order chi connectivity index (χ0) is 20.6. The molecule has 7 heteroatoms. The van der Waals surface area contributed by atoms with Crippen LogP contribution in [0.25, 0.3) is 0 Å². The molecular weight excluding hydrogens is 479 g/mol. The van der Waals surface area contributed by atoms with Crippen molar-refractivity contribution in [1.29, 1.82) is 0 Å². The lowest BCUT2D eigenvalue weighted by atomic mass is 10.2. The van der Waals surface area contributed by atoms with Gasteiger partial charge in [0.2, 0.25) is 0 Å². The number of nitrogens with zero attached hydrogens (tertiary/aromatic N) is 2. The van der Waals surface area contributed by atoms with Crippen LogP contribution in [0.3, 0.4) is 0 Å². The van der Waals surface area contributed by atoms with E-state index >= 15 is 0 Å². The molecule has 0 saturated heterocycles. The van der Waals surface area contributed by atoms with Crippen molar-refractivity contribution >= 4 is 35.8 Å². The number of carbonyl (C=O) groups is 1. The standard InChI is InChI=1S/C22H36N4O2.HI/c1-5-8-9-10-11-15-26(4)22(24-7-3)25-17-19-13-12-14-20(16-19)28-18-21(27)23-6-2;/h5,12-14,16H,1,6-11,15,17-18H2,2-4H3,(H,23,27)(H,24,25);1H. The number of hydrogen-bond donors (Lipinski definition) is 2. The zero-order valence-corrected chi connectivity index (χ0v) is 20.4. The van der Waals surface area contributed by atoms with Crippen molar-refractivity contribution in [2.24, 2.45) is 4.99 Å². The molecule has 6 nitrogen and oxygen atoms in total. The molecule has 0 aliphatic carbocycles. The Morgan fingerprint density at radius 1 is 1.21 bits per heavy atom. The van der Waals surface area contributed by atoms with Crippen molar-refractivity contribution in [3.63, 3.8) is 0 Å². The Kier molecular flexibility index (Phi) is 16.1. The minimum absolute atomic E-state index is 0. The summed E-state index contributed by atoms with van der Waals surface area (Å²) in [4.78, 5) is 18.4. The first kappa shape index (κ1) is 27.2. The highest BCUT2D eigenvalue weighted by Crippen LogP contribution is 2.14. The quantitative estimate of drug-likeness (QED) is 0.137. The average Bonchev–Trinajstić information content (AvgIpc) is 2.70. The van der Waals surface area contributed by atoms with Gasteiger partial charge in [0.1, 0.15) is 5.75 Å². The molecule has 0 aromatic heterocycles. The monoisotopic (exact) mass is 516 g/mol. The first-order chi connectivity index (χ1) is 13.6. The molecule has 2 N–H and O–H groups in total. The van der Waals surface area contributed by atoms with Gasteiger partial charge in [-0.15, -0.1) is 30.6 Å². The summed E-state index contributed by atoms with van der Waals surface area (Å²) in [5, 5.41) is 6.07. The van der Waals surface area contributed by atoms with Crippen molar-refractivity contribution in [3.8, 4) is 5.75 Å². The van der Waals surface area contributed by atoms with E-state index in [-0.39, 0.29) is 36.5 Å². The van der Waals surface area contributed by atoms with E-state index in [2.05, 4.69) is 36.1 Å². The second kappa shape index (κ2) is 17.1. The third-order valence-electron chi connectivity index (χ3n) is 4.15. The van der Waals surface area contributed by atoms with Crippen molar-refractivity contribution in [2.45, 2.75) is 46.1 Å². The lowest BCUT2D eigenvalue weighted by molar-refractivity contribution is -0.122. The first-order valence-electron chi connectivity index (χ1n) is 10.2. The number of carbonyl (C=O) groups excluding carboxylic acids is 1. The molecule has 0 aliphatic heterocycles. The van der Waals surface area contributed by atoms with Crippen LogP contribution in [0, 0.1) is 0 Å². The van der Waals surface area contributed by atoms with Gasteiger partial charge in [0.25, 0.3) is 5.91 Å². The third-order valence-corrected chi connectivity index (χ3v) is 4.15. The summed E-state index contributed by atoms with van der Waals surface area (Å²) in [6.45, 7) is 10.7. The highest BCUT2D eigenvalue weighted by atomic mass is 127. The van der Waals surface area contributed by atoms with Crippen molar-refractivity contribution in [2.75, 3.05) is 33.3 Å². The van der Waals surface area contributed by atoms with Crippen molar-refractivity contribution in [1.82, 2.24) is 15.5 Å². The summed E-state index contributed by atoms with van der Waals surface area (Å²) in [5.74, 6) is 1.47. The van der Waals surface area contributed by atoms with E-state index in [4.69, 9.17) is 9.73 Å². The highest BCUT2D eigenvalue weighted by Gasteiger charge is 2.06. The summed E-state index contributed by atoms with van der Waals surface area (Å²) in [5.41, 5.74) is 1.04. The van der Waals surface area contributed by atoms with Gasteiger partial charge in [-0.3, -0.25) is 4.79 Å². The predicted molar refractivity (Wildman–Crippen MR) is 132 cm³/mol. The number of amides is 1. The molecule has 0 spiro atoms. The maximum atomic E-state index is 11.5. The number of hydrogen-bond acceptors (Lipinski definition) is 3. The number of aliphatic imine (C=N–C) groups is 1. The van der Waals surface area contributed by atoms with Crippen molar-refractivity contribution < 1.29 is 9.53 Å². The van der Waals surface area contributed by atoms with Gasteiger partial charge >= 0.3 is 0 Å². The predicted octanol–water partition coefficient (Wildman–Crippen LogP) is 3.96. The van der Waals surface area contributed by atoms with Gasteiger partial charge in [-0.2, -0.15) is 0 Å². The van der Waals surface area contributed by atoms with E-state index in [9.17, 15) is 4.79 Å².